The normalized spacial score (nSPS) is 14.5. The Kier molecular flexibility index (Phi) is 9.16. The van der Waals surface area contributed by atoms with Crippen molar-refractivity contribution in [1.82, 2.24) is 29.4 Å². The van der Waals surface area contributed by atoms with Crippen LogP contribution in [-0.2, 0) is 11.2 Å². The molecule has 0 radical (unpaired) electrons. The summed E-state index contributed by atoms with van der Waals surface area (Å²) in [5.41, 5.74) is 2.13. The van der Waals surface area contributed by atoms with Crippen molar-refractivity contribution in [2.45, 2.75) is 19.8 Å². The molecule has 40 heavy (non-hydrogen) atoms. The van der Waals surface area contributed by atoms with E-state index in [1.54, 1.807) is 22.8 Å². The minimum absolute atomic E-state index is 0.121. The Morgan fingerprint density at radius 3 is 2.75 bits per heavy atom. The number of aromatic nitrogens is 4. The maximum atomic E-state index is 13.4. The van der Waals surface area contributed by atoms with E-state index in [4.69, 9.17) is 9.84 Å². The van der Waals surface area contributed by atoms with Crippen LogP contribution < -0.4 is 15.4 Å². The van der Waals surface area contributed by atoms with Crippen LogP contribution in [0.25, 0.3) is 5.52 Å². The number of piperazine rings is 1. The second-order valence-corrected chi connectivity index (χ2v) is 10.7. The lowest BCUT2D eigenvalue weighted by Gasteiger charge is -2.34. The summed E-state index contributed by atoms with van der Waals surface area (Å²) in [5.74, 6) is 0.689. The van der Waals surface area contributed by atoms with Gasteiger partial charge in [0, 0.05) is 61.6 Å². The maximum absolute atomic E-state index is 13.4. The number of amides is 1. The molecule has 3 N–H and O–H groups in total. The van der Waals surface area contributed by atoms with Gasteiger partial charge in [-0.1, -0.05) is 6.07 Å². The molecule has 1 fully saturated rings. The molecule has 11 nitrogen and oxygen atoms in total. The number of anilines is 3. The smallest absolute Gasteiger partial charge is 0.229 e. The molecule has 0 unspecified atom stereocenters. The fraction of sp³-hybridized carbons (Fsp3) is 0.407. The number of ether oxygens (including phenoxy) is 1. The average Bonchev–Trinajstić information content (AvgIpc) is 3.51. The summed E-state index contributed by atoms with van der Waals surface area (Å²) < 4.78 is 21.2. The van der Waals surface area contributed by atoms with Crippen LogP contribution in [0.5, 0.6) is 5.75 Å². The number of fused-ring (bicyclic) bond motifs is 1. The lowest BCUT2D eigenvalue weighted by atomic mass is 10.3. The molecule has 1 amide bonds. The Bertz CT molecular complexity index is 1440. The van der Waals surface area contributed by atoms with E-state index in [-0.39, 0.29) is 18.9 Å². The number of halogens is 1. The standard InChI is InChI=1S/C27H33FN8O3S/c1-19-23(39-13-3-6-34-7-9-35(10-8-34)11-12-37)17-36-25(19)26(30-18-31-36)33-27-29-16-22(40-27)15-24(38)32-21-5-2-4-20(28)14-21/h2,4-5,14,16-18,37H,3,6-13,15H2,1H3,(H,32,38)(H,29,30,31,33). The van der Waals surface area contributed by atoms with Crippen LogP contribution in [0.1, 0.15) is 16.9 Å². The molecule has 0 saturated carbocycles. The molecule has 1 aliphatic heterocycles. The van der Waals surface area contributed by atoms with E-state index in [0.29, 0.717) is 23.2 Å². The number of benzene rings is 1. The zero-order valence-electron chi connectivity index (χ0n) is 22.3. The fourth-order valence-corrected chi connectivity index (χ4v) is 5.51. The summed E-state index contributed by atoms with van der Waals surface area (Å²) in [7, 11) is 0. The van der Waals surface area contributed by atoms with Gasteiger partial charge >= 0.3 is 0 Å². The molecule has 3 aromatic heterocycles. The van der Waals surface area contributed by atoms with E-state index in [9.17, 15) is 9.18 Å². The van der Waals surface area contributed by atoms with Crippen molar-refractivity contribution in [2.75, 3.05) is 63.1 Å². The van der Waals surface area contributed by atoms with Gasteiger partial charge in [0.15, 0.2) is 10.9 Å². The average molecular weight is 569 g/mol. The molecule has 1 aliphatic rings. The van der Waals surface area contributed by atoms with Crippen LogP contribution in [-0.4, -0.2) is 92.9 Å². The van der Waals surface area contributed by atoms with Crippen LogP contribution in [0.15, 0.2) is 43.0 Å². The Balaban J connectivity index is 1.15. The van der Waals surface area contributed by atoms with Crippen molar-refractivity contribution >= 4 is 39.4 Å². The van der Waals surface area contributed by atoms with Gasteiger partial charge in [0.05, 0.1) is 25.8 Å². The summed E-state index contributed by atoms with van der Waals surface area (Å²) in [5, 5.41) is 20.0. The highest BCUT2D eigenvalue weighted by molar-refractivity contribution is 7.15. The Labute approximate surface area is 235 Å². The Morgan fingerprint density at radius 1 is 1.18 bits per heavy atom. The topological polar surface area (TPSA) is 120 Å². The van der Waals surface area contributed by atoms with Gasteiger partial charge < -0.3 is 25.4 Å². The summed E-state index contributed by atoms with van der Waals surface area (Å²) in [6, 6.07) is 5.79. The monoisotopic (exact) mass is 568 g/mol. The number of hydrogen-bond donors (Lipinski definition) is 3. The summed E-state index contributed by atoms with van der Waals surface area (Å²) in [6.45, 7) is 8.50. The molecule has 1 aromatic carbocycles. The molecule has 4 aromatic rings. The van der Waals surface area contributed by atoms with Crippen molar-refractivity contribution in [1.29, 1.82) is 0 Å². The van der Waals surface area contributed by atoms with Gasteiger partial charge in [0.2, 0.25) is 5.91 Å². The summed E-state index contributed by atoms with van der Waals surface area (Å²) in [4.78, 5) is 26.7. The minimum Gasteiger partial charge on any atom is -0.492 e. The van der Waals surface area contributed by atoms with Crippen LogP contribution >= 0.6 is 11.3 Å². The molecule has 13 heteroatoms. The van der Waals surface area contributed by atoms with Gasteiger partial charge in [-0.3, -0.25) is 9.69 Å². The van der Waals surface area contributed by atoms with Crippen LogP contribution in [0.4, 0.5) is 21.0 Å². The summed E-state index contributed by atoms with van der Waals surface area (Å²) in [6.07, 6.45) is 6.00. The molecule has 0 bridgehead atoms. The molecule has 5 rings (SSSR count). The van der Waals surface area contributed by atoms with Crippen LogP contribution in [0.2, 0.25) is 0 Å². The third-order valence-corrected chi connectivity index (χ3v) is 7.67. The predicted octanol–water partition coefficient (Wildman–Crippen LogP) is 2.94. The molecule has 1 saturated heterocycles. The zero-order valence-corrected chi connectivity index (χ0v) is 23.2. The highest BCUT2D eigenvalue weighted by Gasteiger charge is 2.18. The maximum Gasteiger partial charge on any atom is 0.229 e. The van der Waals surface area contributed by atoms with E-state index in [0.717, 1.165) is 67.4 Å². The molecule has 4 heterocycles. The van der Waals surface area contributed by atoms with Crippen LogP contribution in [0.3, 0.4) is 0 Å². The van der Waals surface area contributed by atoms with E-state index in [1.165, 1.54) is 29.8 Å². The highest BCUT2D eigenvalue weighted by atomic mass is 32.1. The SMILES string of the molecule is Cc1c(OCCCN2CCN(CCO)CC2)cn2ncnc(Nc3ncc(CC(=O)Nc4cccc(F)c4)s3)c12. The number of nitrogens with one attached hydrogen (secondary N) is 2. The second-order valence-electron chi connectivity index (χ2n) is 9.62. The van der Waals surface area contributed by atoms with Crippen molar-refractivity contribution in [3.05, 3.63) is 59.2 Å². The highest BCUT2D eigenvalue weighted by Crippen LogP contribution is 2.31. The Hall–Kier alpha value is -3.65. The molecule has 0 aliphatic carbocycles. The first-order valence-corrected chi connectivity index (χ1v) is 14.1. The number of aliphatic hydroxyl groups excluding tert-OH is 1. The van der Waals surface area contributed by atoms with Gasteiger partial charge in [0.1, 0.15) is 23.4 Å². The fourth-order valence-electron chi connectivity index (χ4n) is 4.70. The number of thiazole rings is 1. The second kappa shape index (κ2) is 13.1. The largest absolute Gasteiger partial charge is 0.492 e. The van der Waals surface area contributed by atoms with E-state index in [2.05, 4.69) is 35.5 Å². The molecule has 0 spiro atoms. The first-order valence-electron chi connectivity index (χ1n) is 13.3. The third-order valence-electron chi connectivity index (χ3n) is 6.76. The van der Waals surface area contributed by atoms with Gasteiger partial charge in [-0.05, 0) is 31.5 Å². The lowest BCUT2D eigenvalue weighted by molar-refractivity contribution is -0.115. The van der Waals surface area contributed by atoms with Crippen molar-refractivity contribution < 1.29 is 19.0 Å². The molecular weight excluding hydrogens is 535 g/mol. The van der Waals surface area contributed by atoms with E-state index >= 15 is 0 Å². The quantitative estimate of drug-likeness (QED) is 0.222. The van der Waals surface area contributed by atoms with E-state index < -0.39 is 5.82 Å². The van der Waals surface area contributed by atoms with Gasteiger partial charge in [-0.15, -0.1) is 11.3 Å². The lowest BCUT2D eigenvalue weighted by Crippen LogP contribution is -2.47. The Morgan fingerprint density at radius 2 is 1.98 bits per heavy atom. The van der Waals surface area contributed by atoms with Gasteiger partial charge in [-0.2, -0.15) is 5.10 Å². The number of carbonyl (C=O) groups is 1. The van der Waals surface area contributed by atoms with Gasteiger partial charge in [0.25, 0.3) is 0 Å². The number of aryl methyl sites for hydroxylation is 1. The number of β-amino-alcohol motifs (C(OH)–C–C–N with tert-alkyl or cyclic N) is 1. The van der Waals surface area contributed by atoms with E-state index in [1.807, 2.05) is 13.1 Å². The summed E-state index contributed by atoms with van der Waals surface area (Å²) >= 11 is 1.35. The molecule has 0 atom stereocenters. The van der Waals surface area contributed by atoms with Crippen LogP contribution in [0, 0.1) is 12.7 Å². The number of rotatable bonds is 12. The van der Waals surface area contributed by atoms with Crippen molar-refractivity contribution in [3.8, 4) is 5.75 Å². The van der Waals surface area contributed by atoms with Crippen molar-refractivity contribution in [3.63, 3.8) is 0 Å². The van der Waals surface area contributed by atoms with Gasteiger partial charge in [-0.25, -0.2) is 18.9 Å². The minimum atomic E-state index is -0.406. The zero-order chi connectivity index (χ0) is 27.9. The predicted molar refractivity (Wildman–Crippen MR) is 152 cm³/mol. The third kappa shape index (κ3) is 7.10. The number of hydrogen-bond acceptors (Lipinski definition) is 10. The van der Waals surface area contributed by atoms with Crippen molar-refractivity contribution in [2.24, 2.45) is 0 Å². The first-order chi connectivity index (χ1) is 19.5. The number of carbonyl (C=O) groups excluding carboxylic acids is 1. The molecule has 212 valence electrons. The number of aliphatic hydroxyl groups is 1. The first kappa shape index (κ1) is 27.9. The molecular formula is C27H33FN8O3S. The number of nitrogens with zero attached hydrogens (tertiary/aromatic N) is 6.